The summed E-state index contributed by atoms with van der Waals surface area (Å²) in [6.45, 7) is 4.44. The maximum Gasteiger partial charge on any atom is 0.336 e. The summed E-state index contributed by atoms with van der Waals surface area (Å²) >= 11 is 0. The number of nitro benzene ring substituents is 1. The average Bonchev–Trinajstić information content (AvgIpc) is 2.60. The standard InChI is InChI=1S/C18H23NO6/c1-3-5-8-14(4-2)13-24-17(20)11-12-18(21)25-16-10-7-6-9-15(16)19(22)23/h6-7,9-12,14H,3-5,8,13H2,1-2H3/b12-11+. The van der Waals surface area contributed by atoms with Gasteiger partial charge in [0.15, 0.2) is 0 Å². The number of benzene rings is 1. The van der Waals surface area contributed by atoms with Gasteiger partial charge in [-0.25, -0.2) is 9.59 Å². The van der Waals surface area contributed by atoms with Crippen LogP contribution in [0.4, 0.5) is 5.69 Å². The van der Waals surface area contributed by atoms with Crippen LogP contribution in [0, 0.1) is 16.0 Å². The SMILES string of the molecule is CCCCC(CC)COC(=O)/C=C/C(=O)Oc1ccccc1[N+](=O)[O-]. The highest BCUT2D eigenvalue weighted by molar-refractivity contribution is 5.92. The molecule has 0 saturated heterocycles. The van der Waals surface area contributed by atoms with E-state index in [4.69, 9.17) is 9.47 Å². The Balaban J connectivity index is 2.51. The van der Waals surface area contributed by atoms with E-state index in [0.717, 1.165) is 37.8 Å². The van der Waals surface area contributed by atoms with Crippen molar-refractivity contribution in [1.82, 2.24) is 0 Å². The van der Waals surface area contributed by atoms with Gasteiger partial charge in [-0.15, -0.1) is 0 Å². The minimum Gasteiger partial charge on any atom is -0.462 e. The van der Waals surface area contributed by atoms with Gasteiger partial charge in [-0.3, -0.25) is 10.1 Å². The van der Waals surface area contributed by atoms with Gasteiger partial charge < -0.3 is 9.47 Å². The van der Waals surface area contributed by atoms with E-state index < -0.39 is 16.9 Å². The van der Waals surface area contributed by atoms with E-state index in [9.17, 15) is 19.7 Å². The number of nitro groups is 1. The second kappa shape index (κ2) is 11.0. The van der Waals surface area contributed by atoms with Crippen LogP contribution in [0.3, 0.4) is 0 Å². The number of hydrogen-bond donors (Lipinski definition) is 0. The molecule has 1 unspecified atom stereocenters. The molecule has 0 aliphatic heterocycles. The molecule has 7 nitrogen and oxygen atoms in total. The van der Waals surface area contributed by atoms with E-state index in [1.54, 1.807) is 0 Å². The fraction of sp³-hybridized carbons (Fsp3) is 0.444. The Morgan fingerprint density at radius 1 is 1.20 bits per heavy atom. The summed E-state index contributed by atoms with van der Waals surface area (Å²) in [5, 5.41) is 10.8. The highest BCUT2D eigenvalue weighted by atomic mass is 16.6. The Labute approximate surface area is 146 Å². The average molecular weight is 349 g/mol. The van der Waals surface area contributed by atoms with E-state index in [2.05, 4.69) is 6.92 Å². The van der Waals surface area contributed by atoms with Crippen LogP contribution in [0.15, 0.2) is 36.4 Å². The van der Waals surface area contributed by atoms with Gasteiger partial charge in [0.1, 0.15) is 0 Å². The Bertz CT molecular complexity index is 626. The second-order valence-corrected chi connectivity index (χ2v) is 5.53. The van der Waals surface area contributed by atoms with Crippen molar-refractivity contribution >= 4 is 17.6 Å². The summed E-state index contributed by atoms with van der Waals surface area (Å²) in [6, 6.07) is 5.50. The summed E-state index contributed by atoms with van der Waals surface area (Å²) in [4.78, 5) is 33.5. The quantitative estimate of drug-likeness (QED) is 0.209. The first-order chi connectivity index (χ1) is 12.0. The fourth-order valence-corrected chi connectivity index (χ4v) is 2.12. The second-order valence-electron chi connectivity index (χ2n) is 5.53. The Kier molecular flexibility index (Phi) is 8.92. The van der Waals surface area contributed by atoms with Crippen LogP contribution in [-0.4, -0.2) is 23.5 Å². The van der Waals surface area contributed by atoms with Crippen LogP contribution in [0.2, 0.25) is 0 Å². The van der Waals surface area contributed by atoms with Crippen molar-refractivity contribution in [3.8, 4) is 5.75 Å². The number of hydrogen-bond acceptors (Lipinski definition) is 6. The number of ether oxygens (including phenoxy) is 2. The molecule has 1 aromatic carbocycles. The number of para-hydroxylation sites is 2. The summed E-state index contributed by atoms with van der Waals surface area (Å²) in [5.41, 5.74) is -0.325. The normalized spacial score (nSPS) is 11.9. The number of rotatable bonds is 10. The topological polar surface area (TPSA) is 95.7 Å². The van der Waals surface area contributed by atoms with Crippen LogP contribution in [0.25, 0.3) is 0 Å². The highest BCUT2D eigenvalue weighted by Gasteiger charge is 2.16. The highest BCUT2D eigenvalue weighted by Crippen LogP contribution is 2.25. The molecule has 1 rings (SSSR count). The molecule has 0 bridgehead atoms. The lowest BCUT2D eigenvalue weighted by Gasteiger charge is -2.13. The molecular formula is C18H23NO6. The molecule has 0 aliphatic carbocycles. The monoisotopic (exact) mass is 349 g/mol. The zero-order valence-corrected chi connectivity index (χ0v) is 14.5. The molecule has 0 N–H and O–H groups in total. The Hall–Kier alpha value is -2.70. The third kappa shape index (κ3) is 7.60. The first kappa shape index (κ1) is 20.3. The Morgan fingerprint density at radius 2 is 1.88 bits per heavy atom. The molecule has 0 saturated carbocycles. The van der Waals surface area contributed by atoms with Crippen LogP contribution >= 0.6 is 0 Å². The molecule has 7 heteroatoms. The van der Waals surface area contributed by atoms with E-state index in [-0.39, 0.29) is 11.4 Å². The zero-order valence-electron chi connectivity index (χ0n) is 14.5. The van der Waals surface area contributed by atoms with Crippen molar-refractivity contribution in [3.63, 3.8) is 0 Å². The fourth-order valence-electron chi connectivity index (χ4n) is 2.12. The molecule has 136 valence electrons. The molecule has 0 fully saturated rings. The minimum atomic E-state index is -0.885. The molecule has 0 aliphatic rings. The largest absolute Gasteiger partial charge is 0.462 e. The van der Waals surface area contributed by atoms with E-state index in [1.807, 2.05) is 6.92 Å². The summed E-state index contributed by atoms with van der Waals surface area (Å²) < 4.78 is 9.99. The summed E-state index contributed by atoms with van der Waals surface area (Å²) in [5.74, 6) is -1.41. The van der Waals surface area contributed by atoms with Crippen molar-refractivity contribution in [2.24, 2.45) is 5.92 Å². The minimum absolute atomic E-state index is 0.180. The van der Waals surface area contributed by atoms with E-state index >= 15 is 0 Å². The van der Waals surface area contributed by atoms with E-state index in [0.29, 0.717) is 12.5 Å². The molecule has 25 heavy (non-hydrogen) atoms. The molecule has 1 aromatic rings. The lowest BCUT2D eigenvalue weighted by Crippen LogP contribution is -2.13. The van der Waals surface area contributed by atoms with Crippen LogP contribution < -0.4 is 4.74 Å². The van der Waals surface area contributed by atoms with E-state index in [1.165, 1.54) is 24.3 Å². The maximum absolute atomic E-state index is 11.7. The number of esters is 2. The van der Waals surface area contributed by atoms with Crippen molar-refractivity contribution < 1.29 is 24.0 Å². The van der Waals surface area contributed by atoms with Crippen LogP contribution in [0.5, 0.6) is 5.75 Å². The number of carbonyl (C=O) groups is 2. The Morgan fingerprint density at radius 3 is 2.52 bits per heavy atom. The van der Waals surface area contributed by atoms with Crippen LogP contribution in [-0.2, 0) is 14.3 Å². The third-order valence-electron chi connectivity index (χ3n) is 3.63. The van der Waals surface area contributed by atoms with Crippen LogP contribution in [0.1, 0.15) is 39.5 Å². The predicted molar refractivity (Wildman–Crippen MR) is 92.1 cm³/mol. The molecule has 0 amide bonds. The molecular weight excluding hydrogens is 326 g/mol. The van der Waals surface area contributed by atoms with Crippen molar-refractivity contribution in [2.75, 3.05) is 6.61 Å². The van der Waals surface area contributed by atoms with Gasteiger partial charge in [0.25, 0.3) is 0 Å². The molecule has 0 radical (unpaired) electrons. The van der Waals surface area contributed by atoms with Gasteiger partial charge in [-0.05, 0) is 18.4 Å². The first-order valence-corrected chi connectivity index (χ1v) is 8.28. The van der Waals surface area contributed by atoms with Gasteiger partial charge in [-0.1, -0.05) is 45.2 Å². The number of carbonyl (C=O) groups excluding carboxylic acids is 2. The molecule has 0 heterocycles. The van der Waals surface area contributed by atoms with Gasteiger partial charge in [-0.2, -0.15) is 0 Å². The maximum atomic E-state index is 11.7. The van der Waals surface area contributed by atoms with Gasteiger partial charge in [0.05, 0.1) is 11.5 Å². The molecule has 0 spiro atoms. The van der Waals surface area contributed by atoms with Gasteiger partial charge >= 0.3 is 17.6 Å². The van der Waals surface area contributed by atoms with Crippen molar-refractivity contribution in [2.45, 2.75) is 39.5 Å². The smallest absolute Gasteiger partial charge is 0.336 e. The number of unbranched alkanes of at least 4 members (excludes halogenated alkanes) is 1. The molecule has 1 atom stereocenters. The van der Waals surface area contributed by atoms with Crippen molar-refractivity contribution in [1.29, 1.82) is 0 Å². The first-order valence-electron chi connectivity index (χ1n) is 8.28. The summed E-state index contributed by atoms with van der Waals surface area (Å²) in [6.07, 6.45) is 5.92. The number of nitrogens with zero attached hydrogens (tertiary/aromatic N) is 1. The van der Waals surface area contributed by atoms with Crippen molar-refractivity contribution in [3.05, 3.63) is 46.5 Å². The lowest BCUT2D eigenvalue weighted by atomic mass is 10.0. The van der Waals surface area contributed by atoms with Gasteiger partial charge in [0, 0.05) is 18.2 Å². The third-order valence-corrected chi connectivity index (χ3v) is 3.63. The summed E-state index contributed by atoms with van der Waals surface area (Å²) in [7, 11) is 0. The predicted octanol–water partition coefficient (Wildman–Crippen LogP) is 3.82. The lowest BCUT2D eigenvalue weighted by molar-refractivity contribution is -0.385. The molecule has 0 aromatic heterocycles. The van der Waals surface area contributed by atoms with Gasteiger partial charge in [0.2, 0.25) is 5.75 Å². The zero-order chi connectivity index (χ0) is 18.7.